The van der Waals surface area contributed by atoms with E-state index in [-0.39, 0.29) is 23.0 Å². The van der Waals surface area contributed by atoms with Crippen LogP contribution in [0.1, 0.15) is 6.42 Å². The second-order valence-corrected chi connectivity index (χ2v) is 7.28. The van der Waals surface area contributed by atoms with Crippen LogP contribution >= 0.6 is 11.6 Å². The van der Waals surface area contributed by atoms with Gasteiger partial charge in [0, 0.05) is 13.1 Å². The molecule has 2 rings (SSSR count). The fraction of sp³-hybridized carbons (Fsp3) is 0.286. The molecule has 0 atom stereocenters. The Labute approximate surface area is 139 Å². The lowest BCUT2D eigenvalue weighted by molar-refractivity contribution is -0.136. The first kappa shape index (κ1) is 17.3. The van der Waals surface area contributed by atoms with Crippen molar-refractivity contribution in [1.29, 1.82) is 0 Å². The average molecular weight is 358 g/mol. The van der Waals surface area contributed by atoms with Crippen molar-refractivity contribution in [2.24, 2.45) is 0 Å². The van der Waals surface area contributed by atoms with Gasteiger partial charge in [0.2, 0.25) is 10.0 Å². The maximum atomic E-state index is 11.9. The summed E-state index contributed by atoms with van der Waals surface area (Å²) in [6, 6.07) is 4.44. The van der Waals surface area contributed by atoms with E-state index in [9.17, 15) is 18.0 Å². The Morgan fingerprint density at radius 1 is 1.35 bits per heavy atom. The molecule has 0 aromatic heterocycles. The van der Waals surface area contributed by atoms with Gasteiger partial charge in [-0.3, -0.25) is 13.9 Å². The van der Waals surface area contributed by atoms with E-state index in [0.29, 0.717) is 18.7 Å². The summed E-state index contributed by atoms with van der Waals surface area (Å²) in [4.78, 5) is 23.2. The molecule has 7 nitrogen and oxygen atoms in total. The third kappa shape index (κ3) is 4.02. The van der Waals surface area contributed by atoms with Crippen LogP contribution in [0.25, 0.3) is 0 Å². The molecule has 23 heavy (non-hydrogen) atoms. The number of nitrogens with zero attached hydrogens (tertiary/aromatic N) is 1. The van der Waals surface area contributed by atoms with Gasteiger partial charge >= 0.3 is 11.8 Å². The van der Waals surface area contributed by atoms with Gasteiger partial charge in [-0.1, -0.05) is 17.7 Å². The molecular formula is C14H16ClN3O4S. The number of carbonyl (C=O) groups is 2. The molecule has 2 N–H and O–H groups in total. The van der Waals surface area contributed by atoms with Gasteiger partial charge in [-0.15, -0.1) is 6.58 Å². The predicted octanol–water partition coefficient (Wildman–Crippen LogP) is 1.12. The second kappa shape index (κ2) is 7.01. The van der Waals surface area contributed by atoms with Crippen LogP contribution in [0.15, 0.2) is 30.9 Å². The highest BCUT2D eigenvalue weighted by atomic mass is 35.5. The standard InChI is InChI=1S/C14H16ClN3O4S/c1-2-6-16-13(19)14(20)17-12-5-4-10(9-11(12)15)18-7-3-8-23(18,21)22/h2,4-5,9H,1,3,6-8H2,(H,16,19)(H,17,20). The van der Waals surface area contributed by atoms with Crippen molar-refractivity contribution < 1.29 is 18.0 Å². The number of benzene rings is 1. The van der Waals surface area contributed by atoms with Crippen molar-refractivity contribution in [3.8, 4) is 0 Å². The van der Waals surface area contributed by atoms with Crippen LogP contribution in [0.2, 0.25) is 5.02 Å². The van der Waals surface area contributed by atoms with Crippen molar-refractivity contribution in [3.05, 3.63) is 35.9 Å². The molecule has 0 aliphatic carbocycles. The molecule has 0 radical (unpaired) electrons. The first-order valence-corrected chi connectivity index (χ1v) is 8.84. The maximum Gasteiger partial charge on any atom is 0.313 e. The first-order chi connectivity index (χ1) is 10.8. The van der Waals surface area contributed by atoms with Crippen molar-refractivity contribution >= 4 is 44.8 Å². The minimum Gasteiger partial charge on any atom is -0.344 e. The summed E-state index contributed by atoms with van der Waals surface area (Å²) in [5.74, 6) is -1.57. The molecule has 0 unspecified atom stereocenters. The summed E-state index contributed by atoms with van der Waals surface area (Å²) in [6.07, 6.45) is 2.01. The molecule has 1 fully saturated rings. The molecule has 1 saturated heterocycles. The zero-order valence-electron chi connectivity index (χ0n) is 12.2. The molecule has 1 heterocycles. The Kier molecular flexibility index (Phi) is 5.27. The molecule has 1 aromatic carbocycles. The minimum absolute atomic E-state index is 0.104. The van der Waals surface area contributed by atoms with Gasteiger partial charge in [0.25, 0.3) is 0 Å². The highest BCUT2D eigenvalue weighted by Gasteiger charge is 2.28. The Balaban J connectivity index is 2.12. The van der Waals surface area contributed by atoms with E-state index in [0.717, 1.165) is 0 Å². The molecule has 2 amide bonds. The normalized spacial score (nSPS) is 16.0. The summed E-state index contributed by atoms with van der Waals surface area (Å²) >= 11 is 6.07. The summed E-state index contributed by atoms with van der Waals surface area (Å²) < 4.78 is 25.0. The van der Waals surface area contributed by atoms with E-state index in [4.69, 9.17) is 11.6 Å². The lowest BCUT2D eigenvalue weighted by Gasteiger charge is -2.18. The fourth-order valence-electron chi connectivity index (χ4n) is 2.11. The number of hydrogen-bond donors (Lipinski definition) is 2. The van der Waals surface area contributed by atoms with Gasteiger partial charge in [-0.2, -0.15) is 0 Å². The third-order valence-corrected chi connectivity index (χ3v) is 5.38. The maximum absolute atomic E-state index is 11.9. The van der Waals surface area contributed by atoms with Crippen LogP contribution in [0.4, 0.5) is 11.4 Å². The van der Waals surface area contributed by atoms with E-state index >= 15 is 0 Å². The summed E-state index contributed by atoms with van der Waals surface area (Å²) in [5.41, 5.74) is 0.660. The van der Waals surface area contributed by atoms with Crippen molar-refractivity contribution in [2.45, 2.75) is 6.42 Å². The number of halogens is 1. The smallest absolute Gasteiger partial charge is 0.313 e. The predicted molar refractivity (Wildman–Crippen MR) is 89.0 cm³/mol. The average Bonchev–Trinajstić information content (AvgIpc) is 2.86. The van der Waals surface area contributed by atoms with Crippen LogP contribution < -0.4 is 14.9 Å². The van der Waals surface area contributed by atoms with Crippen molar-refractivity contribution in [3.63, 3.8) is 0 Å². The van der Waals surface area contributed by atoms with E-state index in [1.807, 2.05) is 0 Å². The van der Waals surface area contributed by atoms with E-state index in [1.54, 1.807) is 0 Å². The SMILES string of the molecule is C=CCNC(=O)C(=O)Nc1ccc(N2CCCS2(=O)=O)cc1Cl. The molecule has 9 heteroatoms. The highest BCUT2D eigenvalue weighted by Crippen LogP contribution is 2.31. The Hall–Kier alpha value is -2.06. The van der Waals surface area contributed by atoms with Crippen LogP contribution in [0, 0.1) is 0 Å². The quantitative estimate of drug-likeness (QED) is 0.623. The third-order valence-electron chi connectivity index (χ3n) is 3.20. The van der Waals surface area contributed by atoms with Gasteiger partial charge in [0.15, 0.2) is 0 Å². The topological polar surface area (TPSA) is 95.6 Å². The number of sulfonamides is 1. The number of anilines is 2. The molecule has 1 aromatic rings. The van der Waals surface area contributed by atoms with E-state index in [2.05, 4.69) is 17.2 Å². The number of rotatable bonds is 4. The molecule has 124 valence electrons. The van der Waals surface area contributed by atoms with Gasteiger partial charge in [0.1, 0.15) is 0 Å². The molecule has 0 spiro atoms. The Morgan fingerprint density at radius 2 is 2.09 bits per heavy atom. The van der Waals surface area contributed by atoms with Crippen LogP contribution in [-0.4, -0.2) is 39.1 Å². The first-order valence-electron chi connectivity index (χ1n) is 6.85. The van der Waals surface area contributed by atoms with Crippen LogP contribution in [0.5, 0.6) is 0 Å². The zero-order valence-corrected chi connectivity index (χ0v) is 13.8. The van der Waals surface area contributed by atoms with Crippen LogP contribution in [0.3, 0.4) is 0 Å². The Morgan fingerprint density at radius 3 is 2.65 bits per heavy atom. The van der Waals surface area contributed by atoms with E-state index in [1.165, 1.54) is 28.6 Å². The molecule has 1 aliphatic rings. The summed E-state index contributed by atoms with van der Waals surface area (Å²) in [7, 11) is -3.30. The highest BCUT2D eigenvalue weighted by molar-refractivity contribution is 7.93. The summed E-state index contributed by atoms with van der Waals surface area (Å²) in [6.45, 7) is 4.00. The van der Waals surface area contributed by atoms with Gasteiger partial charge < -0.3 is 10.6 Å². The van der Waals surface area contributed by atoms with E-state index < -0.39 is 21.8 Å². The van der Waals surface area contributed by atoms with Crippen LogP contribution in [-0.2, 0) is 19.6 Å². The summed E-state index contributed by atoms with van der Waals surface area (Å²) in [5, 5.41) is 4.86. The van der Waals surface area contributed by atoms with Gasteiger partial charge in [-0.25, -0.2) is 8.42 Å². The number of hydrogen-bond acceptors (Lipinski definition) is 4. The molecule has 0 bridgehead atoms. The number of amides is 2. The number of nitrogens with one attached hydrogen (secondary N) is 2. The van der Waals surface area contributed by atoms with Gasteiger partial charge in [-0.05, 0) is 24.6 Å². The minimum atomic E-state index is -3.30. The number of carbonyl (C=O) groups excluding carboxylic acids is 2. The monoisotopic (exact) mass is 357 g/mol. The molecule has 0 saturated carbocycles. The fourth-order valence-corrected chi connectivity index (χ4v) is 3.89. The zero-order chi connectivity index (χ0) is 17.0. The molecular weight excluding hydrogens is 342 g/mol. The lowest BCUT2D eigenvalue weighted by atomic mass is 10.2. The molecule has 1 aliphatic heterocycles. The van der Waals surface area contributed by atoms with Crippen molar-refractivity contribution in [2.75, 3.05) is 28.5 Å². The lowest BCUT2D eigenvalue weighted by Crippen LogP contribution is -2.35. The van der Waals surface area contributed by atoms with Gasteiger partial charge in [0.05, 0.1) is 22.2 Å². The Bertz CT molecular complexity index is 748. The largest absolute Gasteiger partial charge is 0.344 e. The van der Waals surface area contributed by atoms with Crippen molar-refractivity contribution in [1.82, 2.24) is 5.32 Å². The second-order valence-electron chi connectivity index (χ2n) is 4.86.